The molecule has 0 atom stereocenters. The Morgan fingerprint density at radius 3 is 1.27 bits per heavy atom. The Bertz CT molecular complexity index is 288. The zero-order valence-electron chi connectivity index (χ0n) is 18.3. The molecule has 0 heterocycles. The second kappa shape index (κ2) is 22.5. The minimum atomic E-state index is 0.702. The van der Waals surface area contributed by atoms with E-state index in [4.69, 9.17) is 0 Å². The monoisotopic (exact) mass is 367 g/mol. The predicted molar refractivity (Wildman–Crippen MR) is 118 cm³/mol. The molecule has 0 aliphatic rings. The summed E-state index contributed by atoms with van der Waals surface area (Å²) in [5, 5.41) is 11.8. The SMILES string of the molecule is CCCCCCCCCCC=[N+]([O-])CCCCCCCCCCCCC. The zero-order chi connectivity index (χ0) is 19.1. The maximum Gasteiger partial charge on any atom is 0.153 e. The predicted octanol–water partition coefficient (Wildman–Crippen LogP) is 8.41. The van der Waals surface area contributed by atoms with Gasteiger partial charge in [0.15, 0.2) is 12.8 Å². The van der Waals surface area contributed by atoms with E-state index in [2.05, 4.69) is 13.8 Å². The van der Waals surface area contributed by atoms with E-state index in [-0.39, 0.29) is 0 Å². The van der Waals surface area contributed by atoms with Gasteiger partial charge in [0.25, 0.3) is 0 Å². The van der Waals surface area contributed by atoms with Gasteiger partial charge < -0.3 is 5.21 Å². The summed E-state index contributed by atoms with van der Waals surface area (Å²) in [5.74, 6) is 0. The molecule has 0 aliphatic carbocycles. The van der Waals surface area contributed by atoms with Crippen molar-refractivity contribution < 1.29 is 4.74 Å². The molecule has 2 heteroatoms. The van der Waals surface area contributed by atoms with Crippen LogP contribution in [0.3, 0.4) is 0 Å². The molecule has 0 fully saturated rings. The Morgan fingerprint density at radius 2 is 0.846 bits per heavy atom. The van der Waals surface area contributed by atoms with Crippen LogP contribution in [0.1, 0.15) is 142 Å². The van der Waals surface area contributed by atoms with E-state index in [1.165, 1.54) is 120 Å². The first-order chi connectivity index (χ1) is 12.8. The first-order valence-electron chi connectivity index (χ1n) is 12.1. The lowest BCUT2D eigenvalue weighted by Gasteiger charge is -2.05. The summed E-state index contributed by atoms with van der Waals surface area (Å²) in [7, 11) is 0. The summed E-state index contributed by atoms with van der Waals surface area (Å²) >= 11 is 0. The van der Waals surface area contributed by atoms with Crippen molar-refractivity contribution in [2.24, 2.45) is 0 Å². The van der Waals surface area contributed by atoms with Gasteiger partial charge in [0.05, 0.1) is 0 Å². The first kappa shape index (κ1) is 25.5. The van der Waals surface area contributed by atoms with Crippen LogP contribution in [0, 0.1) is 5.21 Å². The second-order valence-corrected chi connectivity index (χ2v) is 8.12. The molecular weight excluding hydrogens is 318 g/mol. The summed E-state index contributed by atoms with van der Waals surface area (Å²) in [4.78, 5) is 0. The highest BCUT2D eigenvalue weighted by atomic mass is 16.5. The van der Waals surface area contributed by atoms with Crippen LogP contribution in [0.25, 0.3) is 0 Å². The third-order valence-corrected chi connectivity index (χ3v) is 5.37. The van der Waals surface area contributed by atoms with Crippen LogP contribution in [0.4, 0.5) is 0 Å². The van der Waals surface area contributed by atoms with E-state index in [0.717, 1.165) is 12.8 Å². The number of rotatable bonds is 21. The third-order valence-electron chi connectivity index (χ3n) is 5.37. The molecule has 0 bridgehead atoms. The lowest BCUT2D eigenvalue weighted by molar-refractivity contribution is -0.454. The van der Waals surface area contributed by atoms with Crippen molar-refractivity contribution in [3.05, 3.63) is 5.21 Å². The summed E-state index contributed by atoms with van der Waals surface area (Å²) in [6.07, 6.45) is 28.3. The van der Waals surface area contributed by atoms with Crippen molar-refractivity contribution in [2.45, 2.75) is 142 Å². The highest BCUT2D eigenvalue weighted by Crippen LogP contribution is 2.11. The van der Waals surface area contributed by atoms with Gasteiger partial charge in [-0.25, -0.2) is 4.74 Å². The van der Waals surface area contributed by atoms with Gasteiger partial charge in [-0.3, -0.25) is 0 Å². The molecule has 0 rings (SSSR count). The van der Waals surface area contributed by atoms with Crippen LogP contribution >= 0.6 is 0 Å². The molecule has 0 radical (unpaired) electrons. The van der Waals surface area contributed by atoms with Gasteiger partial charge in [-0.05, 0) is 12.8 Å². The van der Waals surface area contributed by atoms with Gasteiger partial charge in [-0.15, -0.1) is 0 Å². The first-order valence-corrected chi connectivity index (χ1v) is 12.1. The van der Waals surface area contributed by atoms with E-state index < -0.39 is 0 Å². The lowest BCUT2D eigenvalue weighted by Crippen LogP contribution is -2.06. The fourth-order valence-electron chi connectivity index (χ4n) is 3.54. The average Bonchev–Trinajstić information content (AvgIpc) is 2.64. The zero-order valence-corrected chi connectivity index (χ0v) is 18.3. The number of hydroxylamine groups is 1. The molecule has 0 saturated carbocycles. The molecule has 0 aromatic carbocycles. The summed E-state index contributed by atoms with van der Waals surface area (Å²) < 4.78 is 1.19. The minimum Gasteiger partial charge on any atom is -0.624 e. The molecule has 26 heavy (non-hydrogen) atoms. The normalized spacial score (nSPS) is 12.0. The fraction of sp³-hybridized carbons (Fsp3) is 0.958. The van der Waals surface area contributed by atoms with Gasteiger partial charge in [-0.1, -0.05) is 117 Å². The topological polar surface area (TPSA) is 26.1 Å². The smallest absolute Gasteiger partial charge is 0.153 e. The van der Waals surface area contributed by atoms with Gasteiger partial charge in [-0.2, -0.15) is 0 Å². The molecule has 0 N–H and O–H groups in total. The third kappa shape index (κ3) is 21.5. The molecule has 0 aromatic heterocycles. The number of nitrogens with zero attached hydrogens (tertiary/aromatic N) is 1. The number of unbranched alkanes of at least 4 members (excludes halogenated alkanes) is 18. The van der Waals surface area contributed by atoms with Crippen LogP contribution in [0.15, 0.2) is 0 Å². The average molecular weight is 368 g/mol. The summed E-state index contributed by atoms with van der Waals surface area (Å²) in [6.45, 7) is 5.24. The lowest BCUT2D eigenvalue weighted by atomic mass is 10.1. The summed E-state index contributed by atoms with van der Waals surface area (Å²) in [5.41, 5.74) is 0. The van der Waals surface area contributed by atoms with Gasteiger partial charge in [0, 0.05) is 12.8 Å². The molecule has 0 saturated heterocycles. The van der Waals surface area contributed by atoms with Crippen LogP contribution in [0.2, 0.25) is 0 Å². The van der Waals surface area contributed by atoms with Crippen molar-refractivity contribution >= 4 is 6.21 Å². The second-order valence-electron chi connectivity index (χ2n) is 8.12. The standard InChI is InChI=1S/C24H49NO/c1-3-5-7-9-11-13-14-16-18-20-22-24-25(26)23-21-19-17-15-12-10-8-6-4-2/h23H,3-22,24H2,1-2H3. The van der Waals surface area contributed by atoms with Crippen molar-refractivity contribution in [3.8, 4) is 0 Å². The molecule has 0 aliphatic heterocycles. The molecule has 156 valence electrons. The van der Waals surface area contributed by atoms with Gasteiger partial charge >= 0.3 is 0 Å². The van der Waals surface area contributed by atoms with E-state index in [9.17, 15) is 5.21 Å². The maximum absolute atomic E-state index is 11.8. The van der Waals surface area contributed by atoms with Crippen molar-refractivity contribution in [3.63, 3.8) is 0 Å². The maximum atomic E-state index is 11.8. The fourth-order valence-corrected chi connectivity index (χ4v) is 3.54. The van der Waals surface area contributed by atoms with Crippen molar-refractivity contribution in [1.82, 2.24) is 0 Å². The molecule has 0 amide bonds. The van der Waals surface area contributed by atoms with Crippen LogP contribution in [0.5, 0.6) is 0 Å². The molecule has 0 aromatic rings. The Kier molecular flexibility index (Phi) is 22.1. The Hall–Kier alpha value is -0.530. The van der Waals surface area contributed by atoms with E-state index in [0.29, 0.717) is 6.54 Å². The van der Waals surface area contributed by atoms with Gasteiger partial charge in [0.2, 0.25) is 0 Å². The molecule has 0 unspecified atom stereocenters. The minimum absolute atomic E-state index is 0.702. The molecule has 0 spiro atoms. The molecular formula is C24H49NO. The van der Waals surface area contributed by atoms with Crippen molar-refractivity contribution in [2.75, 3.05) is 6.54 Å². The number of hydrogen-bond donors (Lipinski definition) is 0. The van der Waals surface area contributed by atoms with Crippen molar-refractivity contribution in [1.29, 1.82) is 0 Å². The summed E-state index contributed by atoms with van der Waals surface area (Å²) in [6, 6.07) is 0. The molecule has 2 nitrogen and oxygen atoms in total. The van der Waals surface area contributed by atoms with E-state index in [1.54, 1.807) is 0 Å². The van der Waals surface area contributed by atoms with E-state index in [1.807, 2.05) is 6.21 Å². The van der Waals surface area contributed by atoms with Gasteiger partial charge in [0.1, 0.15) is 0 Å². The highest BCUT2D eigenvalue weighted by molar-refractivity contribution is 5.50. The van der Waals surface area contributed by atoms with Crippen LogP contribution in [-0.4, -0.2) is 17.5 Å². The van der Waals surface area contributed by atoms with E-state index >= 15 is 0 Å². The quantitative estimate of drug-likeness (QED) is 0.0657. The van der Waals surface area contributed by atoms with Crippen LogP contribution < -0.4 is 0 Å². The largest absolute Gasteiger partial charge is 0.624 e. The Balaban J connectivity index is 3.22. The van der Waals surface area contributed by atoms with Crippen LogP contribution in [-0.2, 0) is 0 Å². The Morgan fingerprint density at radius 1 is 0.500 bits per heavy atom. The Labute approximate surface area is 165 Å². The highest BCUT2D eigenvalue weighted by Gasteiger charge is 1.97. The number of hydrogen-bond acceptors (Lipinski definition) is 1.